The predicted molar refractivity (Wildman–Crippen MR) is 92.4 cm³/mol. The molecule has 0 aromatic heterocycles. The Hall–Kier alpha value is -0.530. The number of nitrogens with one attached hydrogen (secondary N) is 1. The van der Waals surface area contributed by atoms with Crippen molar-refractivity contribution in [2.24, 2.45) is 5.73 Å². The summed E-state index contributed by atoms with van der Waals surface area (Å²) < 4.78 is 6.58. The molecule has 4 nitrogen and oxygen atoms in total. The van der Waals surface area contributed by atoms with Crippen LogP contribution < -0.4 is 15.8 Å². The van der Waals surface area contributed by atoms with Crippen LogP contribution in [0.4, 0.5) is 0 Å². The molecule has 0 aliphatic heterocycles. The van der Waals surface area contributed by atoms with Crippen LogP contribution >= 0.6 is 35.0 Å². The first-order valence-corrected chi connectivity index (χ1v) is 7.52. The number of halogens is 2. The molecule has 0 saturated carbocycles. The van der Waals surface area contributed by atoms with E-state index in [1.165, 1.54) is 0 Å². The number of hydrogen-bond acceptors (Lipinski definition) is 3. The molecular weight excluding hydrogens is 391 g/mol. The van der Waals surface area contributed by atoms with Gasteiger partial charge in [-0.2, -0.15) is 0 Å². The molecule has 0 unspecified atom stereocenters. The van der Waals surface area contributed by atoms with Crippen LogP contribution in [0.15, 0.2) is 24.3 Å². The Labute approximate surface area is 140 Å². The molecule has 0 aliphatic carbocycles. The van der Waals surface area contributed by atoms with Gasteiger partial charge in [0.15, 0.2) is 6.61 Å². The molecule has 20 heavy (non-hydrogen) atoms. The van der Waals surface area contributed by atoms with Gasteiger partial charge in [-0.3, -0.25) is 4.79 Å². The van der Waals surface area contributed by atoms with E-state index >= 15 is 0 Å². The van der Waals surface area contributed by atoms with Gasteiger partial charge in [0, 0.05) is 10.1 Å². The maximum absolute atomic E-state index is 11.9. The van der Waals surface area contributed by atoms with Gasteiger partial charge in [-0.1, -0.05) is 13.8 Å². The number of benzene rings is 1. The molecule has 0 fully saturated rings. The van der Waals surface area contributed by atoms with Gasteiger partial charge >= 0.3 is 0 Å². The first-order valence-electron chi connectivity index (χ1n) is 6.44. The normalized spacial score (nSPS) is 10.6. The van der Waals surface area contributed by atoms with Gasteiger partial charge in [0.05, 0.1) is 5.54 Å². The molecule has 0 spiro atoms. The van der Waals surface area contributed by atoms with Gasteiger partial charge in [-0.25, -0.2) is 0 Å². The van der Waals surface area contributed by atoms with Crippen molar-refractivity contribution in [1.29, 1.82) is 0 Å². The minimum Gasteiger partial charge on any atom is -0.484 e. The minimum absolute atomic E-state index is 0. The summed E-state index contributed by atoms with van der Waals surface area (Å²) in [5.41, 5.74) is 5.43. The number of hydrogen-bond donors (Lipinski definition) is 2. The first kappa shape index (κ1) is 19.5. The fraction of sp³-hybridized carbons (Fsp3) is 0.500. The lowest BCUT2D eigenvalue weighted by Gasteiger charge is -2.31. The standard InChI is InChI=1S/C14H21IN2O2.ClH/c1-3-14(4-2,10-16)17-13(18)9-19-12-7-5-11(15)6-8-12;/h5-8H,3-4,9-10,16H2,1-2H3,(H,17,18);1H. The molecule has 1 rings (SSSR count). The Bertz CT molecular complexity index is 400. The van der Waals surface area contributed by atoms with Gasteiger partial charge in [-0.15, -0.1) is 12.4 Å². The third kappa shape index (κ3) is 5.85. The van der Waals surface area contributed by atoms with E-state index in [4.69, 9.17) is 10.5 Å². The smallest absolute Gasteiger partial charge is 0.258 e. The third-order valence-corrected chi connectivity index (χ3v) is 4.05. The molecule has 1 aromatic rings. The molecule has 0 saturated heterocycles. The van der Waals surface area contributed by atoms with Crippen molar-refractivity contribution in [2.45, 2.75) is 32.2 Å². The number of amides is 1. The summed E-state index contributed by atoms with van der Waals surface area (Å²) >= 11 is 2.22. The highest BCUT2D eigenvalue weighted by Gasteiger charge is 2.26. The molecular formula is C14H22ClIN2O2. The molecule has 0 atom stereocenters. The Kier molecular flexibility index (Phi) is 9.16. The van der Waals surface area contributed by atoms with Crippen molar-refractivity contribution in [3.05, 3.63) is 27.8 Å². The number of rotatable bonds is 7. The second-order valence-electron chi connectivity index (χ2n) is 4.48. The maximum atomic E-state index is 11.9. The predicted octanol–water partition coefficient (Wildman–Crippen LogP) is 2.73. The molecule has 0 bridgehead atoms. The van der Waals surface area contributed by atoms with Gasteiger partial charge in [0.2, 0.25) is 0 Å². The molecule has 0 radical (unpaired) electrons. The van der Waals surface area contributed by atoms with Crippen molar-refractivity contribution in [1.82, 2.24) is 5.32 Å². The van der Waals surface area contributed by atoms with Crippen LogP contribution in [0.3, 0.4) is 0 Å². The lowest BCUT2D eigenvalue weighted by Crippen LogP contribution is -2.54. The fourth-order valence-electron chi connectivity index (χ4n) is 1.78. The molecule has 114 valence electrons. The second kappa shape index (κ2) is 9.41. The van der Waals surface area contributed by atoms with Gasteiger partial charge in [-0.05, 0) is 59.7 Å². The second-order valence-corrected chi connectivity index (χ2v) is 5.73. The van der Waals surface area contributed by atoms with Crippen molar-refractivity contribution < 1.29 is 9.53 Å². The Morgan fingerprint density at radius 2 is 1.85 bits per heavy atom. The molecule has 1 aromatic carbocycles. The molecule has 3 N–H and O–H groups in total. The highest BCUT2D eigenvalue weighted by atomic mass is 127. The Morgan fingerprint density at radius 1 is 1.30 bits per heavy atom. The summed E-state index contributed by atoms with van der Waals surface area (Å²) in [6.07, 6.45) is 1.63. The van der Waals surface area contributed by atoms with E-state index in [9.17, 15) is 4.79 Å². The zero-order chi connectivity index (χ0) is 14.3. The van der Waals surface area contributed by atoms with E-state index in [-0.39, 0.29) is 30.5 Å². The van der Waals surface area contributed by atoms with E-state index in [0.717, 1.165) is 16.4 Å². The summed E-state index contributed by atoms with van der Waals surface area (Å²) in [6.45, 7) is 4.50. The van der Waals surface area contributed by atoms with E-state index < -0.39 is 0 Å². The van der Waals surface area contributed by atoms with E-state index in [0.29, 0.717) is 12.3 Å². The largest absolute Gasteiger partial charge is 0.484 e. The van der Waals surface area contributed by atoms with Crippen molar-refractivity contribution in [3.63, 3.8) is 0 Å². The molecule has 6 heteroatoms. The van der Waals surface area contributed by atoms with Crippen LogP contribution in [0.1, 0.15) is 26.7 Å². The average molecular weight is 413 g/mol. The number of nitrogens with two attached hydrogens (primary N) is 1. The summed E-state index contributed by atoms with van der Waals surface area (Å²) in [6, 6.07) is 7.59. The Balaban J connectivity index is 0.00000361. The fourth-order valence-corrected chi connectivity index (χ4v) is 2.14. The van der Waals surface area contributed by atoms with Gasteiger partial charge in [0.1, 0.15) is 5.75 Å². The topological polar surface area (TPSA) is 64.3 Å². The average Bonchev–Trinajstić information content (AvgIpc) is 2.44. The first-order chi connectivity index (χ1) is 9.05. The highest BCUT2D eigenvalue weighted by molar-refractivity contribution is 14.1. The van der Waals surface area contributed by atoms with E-state index in [1.54, 1.807) is 0 Å². The van der Waals surface area contributed by atoms with Crippen LogP contribution in [-0.2, 0) is 4.79 Å². The lowest BCUT2D eigenvalue weighted by atomic mass is 9.93. The molecule has 0 aliphatic rings. The van der Waals surface area contributed by atoms with Crippen LogP contribution in [0.2, 0.25) is 0 Å². The summed E-state index contributed by atoms with van der Waals surface area (Å²) in [5.74, 6) is 0.564. The Morgan fingerprint density at radius 3 is 2.30 bits per heavy atom. The number of carbonyl (C=O) groups is 1. The summed E-state index contributed by atoms with van der Waals surface area (Å²) in [7, 11) is 0. The van der Waals surface area contributed by atoms with Crippen LogP contribution in [0.5, 0.6) is 5.75 Å². The van der Waals surface area contributed by atoms with Crippen molar-refractivity contribution in [2.75, 3.05) is 13.2 Å². The SMILES string of the molecule is CCC(CC)(CN)NC(=O)COc1ccc(I)cc1.Cl. The van der Waals surface area contributed by atoms with Gasteiger partial charge in [0.25, 0.3) is 5.91 Å². The zero-order valence-electron chi connectivity index (χ0n) is 11.8. The lowest BCUT2D eigenvalue weighted by molar-refractivity contribution is -0.125. The third-order valence-electron chi connectivity index (χ3n) is 3.33. The zero-order valence-corrected chi connectivity index (χ0v) is 14.8. The molecule has 1 amide bonds. The van der Waals surface area contributed by atoms with E-state index in [2.05, 4.69) is 27.9 Å². The van der Waals surface area contributed by atoms with Crippen LogP contribution in [-0.4, -0.2) is 24.6 Å². The minimum atomic E-state index is -0.313. The van der Waals surface area contributed by atoms with Crippen LogP contribution in [0, 0.1) is 3.57 Å². The summed E-state index contributed by atoms with van der Waals surface area (Å²) in [5, 5.41) is 2.97. The highest BCUT2D eigenvalue weighted by Crippen LogP contribution is 2.15. The van der Waals surface area contributed by atoms with E-state index in [1.807, 2.05) is 38.1 Å². The summed E-state index contributed by atoms with van der Waals surface area (Å²) in [4.78, 5) is 11.9. The maximum Gasteiger partial charge on any atom is 0.258 e. The molecule has 0 heterocycles. The quantitative estimate of drug-likeness (QED) is 0.677. The monoisotopic (exact) mass is 412 g/mol. The number of ether oxygens (including phenoxy) is 1. The van der Waals surface area contributed by atoms with Crippen molar-refractivity contribution in [3.8, 4) is 5.75 Å². The van der Waals surface area contributed by atoms with Gasteiger partial charge < -0.3 is 15.8 Å². The van der Waals surface area contributed by atoms with Crippen molar-refractivity contribution >= 4 is 40.9 Å². The van der Waals surface area contributed by atoms with Crippen LogP contribution in [0.25, 0.3) is 0 Å². The number of carbonyl (C=O) groups excluding carboxylic acids is 1.